The molecule has 2 bridgehead atoms. The SMILES string of the molecule is CCCCCC1=CC[C@@H]2C[C@H]1C2(C)C. The summed E-state index contributed by atoms with van der Waals surface area (Å²) in [6, 6.07) is 0. The van der Waals surface area contributed by atoms with Crippen molar-refractivity contribution in [1.82, 2.24) is 0 Å². The molecule has 3 aliphatic rings. The molecule has 0 nitrogen and oxygen atoms in total. The van der Waals surface area contributed by atoms with Crippen LogP contribution in [0.5, 0.6) is 0 Å². The zero-order chi connectivity index (χ0) is 10.2. The summed E-state index contributed by atoms with van der Waals surface area (Å²) in [6.45, 7) is 7.23. The predicted molar refractivity (Wildman–Crippen MR) is 62.2 cm³/mol. The van der Waals surface area contributed by atoms with Crippen molar-refractivity contribution in [1.29, 1.82) is 0 Å². The van der Waals surface area contributed by atoms with E-state index in [1.165, 1.54) is 38.5 Å². The molecule has 0 aromatic rings. The lowest BCUT2D eigenvalue weighted by Gasteiger charge is -2.56. The summed E-state index contributed by atoms with van der Waals surface area (Å²) < 4.78 is 0. The smallest absolute Gasteiger partial charge is 0.0146 e. The van der Waals surface area contributed by atoms with Crippen LogP contribution in [-0.2, 0) is 0 Å². The molecule has 0 spiro atoms. The van der Waals surface area contributed by atoms with Crippen molar-refractivity contribution in [3.05, 3.63) is 11.6 Å². The number of rotatable bonds is 4. The number of allylic oxidation sites excluding steroid dienone is 2. The number of unbranched alkanes of at least 4 members (excludes halogenated alkanes) is 2. The van der Waals surface area contributed by atoms with Crippen LogP contribution < -0.4 is 0 Å². The molecule has 0 heteroatoms. The number of hydrogen-bond donors (Lipinski definition) is 0. The van der Waals surface area contributed by atoms with E-state index >= 15 is 0 Å². The Balaban J connectivity index is 1.91. The van der Waals surface area contributed by atoms with Crippen molar-refractivity contribution in [2.45, 2.75) is 59.3 Å². The van der Waals surface area contributed by atoms with E-state index in [4.69, 9.17) is 0 Å². The van der Waals surface area contributed by atoms with Gasteiger partial charge in [-0.05, 0) is 42.9 Å². The van der Waals surface area contributed by atoms with Crippen molar-refractivity contribution in [3.8, 4) is 0 Å². The molecule has 14 heavy (non-hydrogen) atoms. The van der Waals surface area contributed by atoms with Crippen molar-refractivity contribution < 1.29 is 0 Å². The average Bonchev–Trinajstić information content (AvgIpc) is 2.18. The minimum Gasteiger partial charge on any atom is -0.0847 e. The van der Waals surface area contributed by atoms with E-state index in [1.807, 2.05) is 0 Å². The highest BCUT2D eigenvalue weighted by atomic mass is 14.5. The topological polar surface area (TPSA) is 0 Å². The fourth-order valence-electron chi connectivity index (χ4n) is 3.34. The lowest BCUT2D eigenvalue weighted by atomic mass is 9.48. The molecule has 0 N–H and O–H groups in total. The summed E-state index contributed by atoms with van der Waals surface area (Å²) >= 11 is 0. The third kappa shape index (κ3) is 1.53. The Morgan fingerprint density at radius 1 is 1.36 bits per heavy atom. The zero-order valence-corrected chi connectivity index (χ0v) is 9.97. The maximum atomic E-state index is 2.56. The van der Waals surface area contributed by atoms with Gasteiger partial charge in [0.25, 0.3) is 0 Å². The van der Waals surface area contributed by atoms with Crippen LogP contribution >= 0.6 is 0 Å². The second-order valence-electron chi connectivity index (χ2n) is 5.78. The summed E-state index contributed by atoms with van der Waals surface area (Å²) in [5, 5.41) is 0. The van der Waals surface area contributed by atoms with Gasteiger partial charge in [0.2, 0.25) is 0 Å². The summed E-state index contributed by atoms with van der Waals surface area (Å²) in [7, 11) is 0. The standard InChI is InChI=1S/C14H24/c1-4-5-6-7-11-8-9-12-10-13(11)14(12,2)3/h8,12-13H,4-7,9-10H2,1-3H3/t12-,13-/m1/s1. The Morgan fingerprint density at radius 3 is 2.71 bits per heavy atom. The Morgan fingerprint density at radius 2 is 2.14 bits per heavy atom. The Hall–Kier alpha value is -0.260. The van der Waals surface area contributed by atoms with E-state index in [1.54, 1.807) is 5.57 Å². The molecule has 0 aromatic carbocycles. The molecular formula is C14H24. The molecule has 1 saturated carbocycles. The van der Waals surface area contributed by atoms with Crippen LogP contribution in [0.25, 0.3) is 0 Å². The maximum absolute atomic E-state index is 2.56. The highest BCUT2D eigenvalue weighted by molar-refractivity contribution is 5.23. The van der Waals surface area contributed by atoms with Gasteiger partial charge >= 0.3 is 0 Å². The fourth-order valence-corrected chi connectivity index (χ4v) is 3.34. The maximum Gasteiger partial charge on any atom is -0.0146 e. The van der Waals surface area contributed by atoms with E-state index in [-0.39, 0.29) is 0 Å². The van der Waals surface area contributed by atoms with Crippen molar-refractivity contribution in [2.75, 3.05) is 0 Å². The van der Waals surface area contributed by atoms with Gasteiger partial charge in [0.15, 0.2) is 0 Å². The van der Waals surface area contributed by atoms with E-state index in [0.717, 1.165) is 11.8 Å². The lowest BCUT2D eigenvalue weighted by molar-refractivity contribution is -0.00839. The Bertz CT molecular complexity index is 234. The van der Waals surface area contributed by atoms with Crippen molar-refractivity contribution in [3.63, 3.8) is 0 Å². The third-order valence-electron chi connectivity index (χ3n) is 4.65. The van der Waals surface area contributed by atoms with Crippen LogP contribution in [0.2, 0.25) is 0 Å². The quantitative estimate of drug-likeness (QED) is 0.452. The molecule has 0 aliphatic heterocycles. The van der Waals surface area contributed by atoms with Gasteiger partial charge in [-0.2, -0.15) is 0 Å². The second kappa shape index (κ2) is 3.72. The summed E-state index contributed by atoms with van der Waals surface area (Å²) in [5.74, 6) is 1.94. The van der Waals surface area contributed by atoms with Gasteiger partial charge in [0, 0.05) is 0 Å². The van der Waals surface area contributed by atoms with Crippen molar-refractivity contribution in [2.24, 2.45) is 17.3 Å². The molecule has 3 aliphatic carbocycles. The molecular weight excluding hydrogens is 168 g/mol. The minimum atomic E-state index is 0.635. The van der Waals surface area contributed by atoms with E-state index in [2.05, 4.69) is 26.8 Å². The van der Waals surface area contributed by atoms with Gasteiger partial charge in [0.1, 0.15) is 0 Å². The van der Waals surface area contributed by atoms with E-state index in [0.29, 0.717) is 5.41 Å². The molecule has 0 amide bonds. The number of hydrogen-bond acceptors (Lipinski definition) is 0. The van der Waals surface area contributed by atoms with Gasteiger partial charge in [0.05, 0.1) is 0 Å². The van der Waals surface area contributed by atoms with Crippen LogP contribution in [0.1, 0.15) is 59.3 Å². The van der Waals surface area contributed by atoms with E-state index in [9.17, 15) is 0 Å². The van der Waals surface area contributed by atoms with Crippen LogP contribution in [0, 0.1) is 17.3 Å². The monoisotopic (exact) mass is 192 g/mol. The molecule has 0 saturated heterocycles. The number of fused-ring (bicyclic) bond motifs is 1. The molecule has 1 fully saturated rings. The van der Waals surface area contributed by atoms with E-state index < -0.39 is 0 Å². The minimum absolute atomic E-state index is 0.635. The molecule has 0 aromatic heterocycles. The first-order chi connectivity index (χ1) is 6.66. The first kappa shape index (κ1) is 10.3. The van der Waals surface area contributed by atoms with Gasteiger partial charge in [-0.3, -0.25) is 0 Å². The highest BCUT2D eigenvalue weighted by Gasteiger charge is 2.50. The molecule has 3 rings (SSSR count). The summed E-state index contributed by atoms with van der Waals surface area (Å²) in [4.78, 5) is 0. The van der Waals surface area contributed by atoms with Gasteiger partial charge < -0.3 is 0 Å². The van der Waals surface area contributed by atoms with Gasteiger partial charge in [-0.25, -0.2) is 0 Å². The fraction of sp³-hybridized carbons (Fsp3) is 0.857. The Kier molecular flexibility index (Phi) is 2.72. The normalized spacial score (nSPS) is 33.5. The van der Waals surface area contributed by atoms with Crippen molar-refractivity contribution >= 4 is 0 Å². The van der Waals surface area contributed by atoms with Crippen LogP contribution in [0.15, 0.2) is 11.6 Å². The highest BCUT2D eigenvalue weighted by Crippen LogP contribution is 2.59. The van der Waals surface area contributed by atoms with Crippen LogP contribution in [-0.4, -0.2) is 0 Å². The van der Waals surface area contributed by atoms with Crippen LogP contribution in [0.3, 0.4) is 0 Å². The Labute approximate surface area is 88.8 Å². The lowest BCUT2D eigenvalue weighted by Crippen LogP contribution is -2.47. The third-order valence-corrected chi connectivity index (χ3v) is 4.65. The van der Waals surface area contributed by atoms with Gasteiger partial charge in [-0.1, -0.05) is 45.3 Å². The summed E-state index contributed by atoms with van der Waals surface area (Å²) in [5.41, 5.74) is 2.43. The first-order valence-electron chi connectivity index (χ1n) is 6.35. The molecule has 0 radical (unpaired) electrons. The summed E-state index contributed by atoms with van der Waals surface area (Å²) in [6.07, 6.45) is 11.0. The molecule has 2 atom stereocenters. The molecule has 0 unspecified atom stereocenters. The zero-order valence-electron chi connectivity index (χ0n) is 9.97. The predicted octanol–water partition coefficient (Wildman–Crippen LogP) is 4.56. The second-order valence-corrected chi connectivity index (χ2v) is 5.78. The average molecular weight is 192 g/mol. The van der Waals surface area contributed by atoms with Gasteiger partial charge in [-0.15, -0.1) is 0 Å². The van der Waals surface area contributed by atoms with Crippen LogP contribution in [0.4, 0.5) is 0 Å². The molecule has 0 heterocycles. The molecule has 80 valence electrons. The first-order valence-corrected chi connectivity index (χ1v) is 6.35. The largest absolute Gasteiger partial charge is 0.0847 e.